The van der Waals surface area contributed by atoms with E-state index in [2.05, 4.69) is 4.98 Å². The number of hydrogen-bond donors (Lipinski definition) is 1. The molecule has 2 aromatic rings. The Bertz CT molecular complexity index is 681. The van der Waals surface area contributed by atoms with Gasteiger partial charge in [0, 0.05) is 24.5 Å². The molecular formula is C17H23N3O3. The molecule has 0 aliphatic heterocycles. The Morgan fingerprint density at radius 2 is 2.22 bits per heavy atom. The van der Waals surface area contributed by atoms with Crippen molar-refractivity contribution in [2.75, 3.05) is 14.2 Å². The van der Waals surface area contributed by atoms with E-state index >= 15 is 0 Å². The van der Waals surface area contributed by atoms with Gasteiger partial charge in [-0.3, -0.25) is 9.69 Å². The molecule has 1 aromatic carbocycles. The van der Waals surface area contributed by atoms with E-state index in [1.807, 2.05) is 36.7 Å². The summed E-state index contributed by atoms with van der Waals surface area (Å²) >= 11 is 0. The monoisotopic (exact) mass is 317 g/mol. The lowest BCUT2D eigenvalue weighted by molar-refractivity contribution is -0.143. The molecule has 23 heavy (non-hydrogen) atoms. The van der Waals surface area contributed by atoms with Gasteiger partial charge in [-0.05, 0) is 27.0 Å². The second-order valence-electron chi connectivity index (χ2n) is 5.53. The summed E-state index contributed by atoms with van der Waals surface area (Å²) in [5.74, 6) is 0.507. The highest BCUT2D eigenvalue weighted by molar-refractivity contribution is 5.76. The van der Waals surface area contributed by atoms with Gasteiger partial charge in [0.05, 0.1) is 13.7 Å². The molecule has 6 nitrogen and oxygen atoms in total. The van der Waals surface area contributed by atoms with Crippen LogP contribution in [0.2, 0.25) is 0 Å². The van der Waals surface area contributed by atoms with Gasteiger partial charge in [-0.25, -0.2) is 4.98 Å². The molecular weight excluding hydrogens is 294 g/mol. The van der Waals surface area contributed by atoms with Crippen molar-refractivity contribution in [3.8, 4) is 5.75 Å². The minimum atomic E-state index is -0.911. The molecule has 1 atom stereocenters. The summed E-state index contributed by atoms with van der Waals surface area (Å²) in [6.07, 6.45) is 3.63. The third kappa shape index (κ3) is 3.71. The molecule has 0 spiro atoms. The maximum Gasteiger partial charge on any atom is 0.325 e. The van der Waals surface area contributed by atoms with Gasteiger partial charge in [0.1, 0.15) is 17.6 Å². The molecule has 0 unspecified atom stereocenters. The number of methoxy groups -OCH3 is 1. The first-order valence-electron chi connectivity index (χ1n) is 7.55. The highest BCUT2D eigenvalue weighted by atomic mass is 16.5. The van der Waals surface area contributed by atoms with E-state index in [1.165, 1.54) is 0 Å². The van der Waals surface area contributed by atoms with Crippen molar-refractivity contribution in [2.45, 2.75) is 33.0 Å². The molecule has 0 saturated heterocycles. The fourth-order valence-electron chi connectivity index (χ4n) is 2.72. The summed E-state index contributed by atoms with van der Waals surface area (Å²) in [5.41, 5.74) is 1.65. The number of ether oxygens (including phenoxy) is 1. The first-order valence-corrected chi connectivity index (χ1v) is 7.55. The SMILES string of the molecule is CCn1ccnc1CN(C)[C@@H](C(=O)O)c1cc(C)ccc1OC. The molecule has 6 heteroatoms. The first-order chi connectivity index (χ1) is 11.0. The maximum absolute atomic E-state index is 11.9. The van der Waals surface area contributed by atoms with E-state index in [-0.39, 0.29) is 0 Å². The molecule has 0 radical (unpaired) electrons. The summed E-state index contributed by atoms with van der Waals surface area (Å²) in [7, 11) is 3.34. The van der Waals surface area contributed by atoms with Gasteiger partial charge in [-0.15, -0.1) is 0 Å². The van der Waals surface area contributed by atoms with Gasteiger partial charge >= 0.3 is 5.97 Å². The van der Waals surface area contributed by atoms with Crippen molar-refractivity contribution in [2.24, 2.45) is 0 Å². The smallest absolute Gasteiger partial charge is 0.325 e. The van der Waals surface area contributed by atoms with Crippen molar-refractivity contribution >= 4 is 5.97 Å². The predicted octanol–water partition coefficient (Wildman–Crippen LogP) is 2.48. The number of rotatable bonds is 7. The Labute approximate surface area is 136 Å². The zero-order chi connectivity index (χ0) is 17.0. The van der Waals surface area contributed by atoms with Crippen LogP contribution in [-0.2, 0) is 17.9 Å². The summed E-state index contributed by atoms with van der Waals surface area (Å²) in [6.45, 7) is 5.21. The van der Waals surface area contributed by atoms with Crippen LogP contribution in [0.25, 0.3) is 0 Å². The highest BCUT2D eigenvalue weighted by Crippen LogP contribution is 2.30. The number of aromatic nitrogens is 2. The van der Waals surface area contributed by atoms with E-state index in [4.69, 9.17) is 4.74 Å². The number of carboxylic acids is 1. The zero-order valence-electron chi connectivity index (χ0n) is 14.0. The van der Waals surface area contributed by atoms with Crippen molar-refractivity contribution in [1.29, 1.82) is 0 Å². The molecule has 1 heterocycles. The summed E-state index contributed by atoms with van der Waals surface area (Å²) in [6, 6.07) is 4.78. The van der Waals surface area contributed by atoms with Crippen LogP contribution in [0.15, 0.2) is 30.6 Å². The van der Waals surface area contributed by atoms with Crippen molar-refractivity contribution in [3.63, 3.8) is 0 Å². The standard InChI is InChI=1S/C17H23N3O3/c1-5-20-9-8-18-15(20)11-19(3)16(17(21)22)13-10-12(2)6-7-14(13)23-4/h6-10,16H,5,11H2,1-4H3,(H,21,22)/t16-/m1/s1. The van der Waals surface area contributed by atoms with E-state index in [0.717, 1.165) is 17.9 Å². The molecule has 0 aliphatic rings. The number of carboxylic acid groups (broad SMARTS) is 1. The van der Waals surface area contributed by atoms with E-state index < -0.39 is 12.0 Å². The van der Waals surface area contributed by atoms with Crippen LogP contribution >= 0.6 is 0 Å². The molecule has 0 fully saturated rings. The topological polar surface area (TPSA) is 67.6 Å². The average molecular weight is 317 g/mol. The zero-order valence-corrected chi connectivity index (χ0v) is 14.0. The minimum Gasteiger partial charge on any atom is -0.496 e. The predicted molar refractivity (Wildman–Crippen MR) is 87.5 cm³/mol. The summed E-state index contributed by atoms with van der Waals surface area (Å²) in [4.78, 5) is 18.0. The van der Waals surface area contributed by atoms with Crippen LogP contribution in [0.1, 0.15) is 29.9 Å². The summed E-state index contributed by atoms with van der Waals surface area (Å²) in [5, 5.41) is 9.74. The molecule has 124 valence electrons. The van der Waals surface area contributed by atoms with Gasteiger partial charge in [-0.1, -0.05) is 17.7 Å². The normalized spacial score (nSPS) is 12.4. The number of likely N-dealkylation sites (N-methyl/N-ethyl adjacent to an activating group) is 1. The van der Waals surface area contributed by atoms with Gasteiger partial charge < -0.3 is 14.4 Å². The Balaban J connectivity index is 2.35. The lowest BCUT2D eigenvalue weighted by atomic mass is 10.0. The number of carbonyl (C=O) groups is 1. The third-order valence-corrected chi connectivity index (χ3v) is 3.89. The number of imidazole rings is 1. The molecule has 0 bridgehead atoms. The minimum absolute atomic E-state index is 0.439. The van der Waals surface area contributed by atoms with Gasteiger partial charge in [0.25, 0.3) is 0 Å². The molecule has 1 aromatic heterocycles. The number of aliphatic carboxylic acids is 1. The molecule has 1 N–H and O–H groups in total. The van der Waals surface area contributed by atoms with Crippen molar-refractivity contribution in [3.05, 3.63) is 47.5 Å². The van der Waals surface area contributed by atoms with E-state index in [9.17, 15) is 9.90 Å². The summed E-state index contributed by atoms with van der Waals surface area (Å²) < 4.78 is 7.35. The van der Waals surface area contributed by atoms with Crippen LogP contribution in [0.4, 0.5) is 0 Å². The molecule has 0 aliphatic carbocycles. The molecule has 0 amide bonds. The fourth-order valence-corrected chi connectivity index (χ4v) is 2.72. The number of nitrogens with zero attached hydrogens (tertiary/aromatic N) is 3. The fraction of sp³-hybridized carbons (Fsp3) is 0.412. The lowest BCUT2D eigenvalue weighted by Crippen LogP contribution is -2.31. The Morgan fingerprint density at radius 1 is 1.48 bits per heavy atom. The maximum atomic E-state index is 11.9. The van der Waals surface area contributed by atoms with E-state index in [1.54, 1.807) is 31.3 Å². The van der Waals surface area contributed by atoms with Crippen LogP contribution in [-0.4, -0.2) is 39.7 Å². The van der Waals surface area contributed by atoms with Gasteiger partial charge in [-0.2, -0.15) is 0 Å². The van der Waals surface area contributed by atoms with Crippen molar-refractivity contribution in [1.82, 2.24) is 14.5 Å². The molecule has 0 saturated carbocycles. The first kappa shape index (κ1) is 17.0. The van der Waals surface area contributed by atoms with Crippen LogP contribution in [0.3, 0.4) is 0 Å². The second kappa shape index (κ2) is 7.28. The number of aryl methyl sites for hydroxylation is 2. The Hall–Kier alpha value is -2.34. The average Bonchev–Trinajstić information content (AvgIpc) is 2.94. The second-order valence-corrected chi connectivity index (χ2v) is 5.53. The van der Waals surface area contributed by atoms with E-state index in [0.29, 0.717) is 17.9 Å². The van der Waals surface area contributed by atoms with Gasteiger partial charge in [0.2, 0.25) is 0 Å². The van der Waals surface area contributed by atoms with Gasteiger partial charge in [0.15, 0.2) is 0 Å². The highest BCUT2D eigenvalue weighted by Gasteiger charge is 2.28. The van der Waals surface area contributed by atoms with Crippen LogP contribution in [0.5, 0.6) is 5.75 Å². The molecule has 2 rings (SSSR count). The number of benzene rings is 1. The Morgan fingerprint density at radius 3 is 2.83 bits per heavy atom. The van der Waals surface area contributed by atoms with Crippen LogP contribution in [0, 0.1) is 6.92 Å². The lowest BCUT2D eigenvalue weighted by Gasteiger charge is -2.26. The van der Waals surface area contributed by atoms with Crippen LogP contribution < -0.4 is 4.74 Å². The Kier molecular flexibility index (Phi) is 5.39. The quantitative estimate of drug-likeness (QED) is 0.850. The van der Waals surface area contributed by atoms with Crippen molar-refractivity contribution < 1.29 is 14.6 Å². The number of hydrogen-bond acceptors (Lipinski definition) is 4. The third-order valence-electron chi connectivity index (χ3n) is 3.89. The largest absolute Gasteiger partial charge is 0.496 e.